The van der Waals surface area contributed by atoms with Crippen molar-refractivity contribution in [2.45, 2.75) is 0 Å². The maximum Gasteiger partial charge on any atom is 0.331 e. The summed E-state index contributed by atoms with van der Waals surface area (Å²) in [5.74, 6) is 0.629. The van der Waals surface area contributed by atoms with E-state index in [0.29, 0.717) is 32.3 Å². The largest absolute Gasteiger partial charge is 0.497 e. The first-order valence-electron chi connectivity index (χ1n) is 7.60. The molecule has 0 atom stereocenters. The van der Waals surface area contributed by atoms with Gasteiger partial charge >= 0.3 is 5.69 Å². The van der Waals surface area contributed by atoms with E-state index in [-0.39, 0.29) is 0 Å². The summed E-state index contributed by atoms with van der Waals surface area (Å²) in [4.78, 5) is 37.7. The van der Waals surface area contributed by atoms with E-state index in [1.54, 1.807) is 25.2 Å². The van der Waals surface area contributed by atoms with Crippen molar-refractivity contribution < 1.29 is 14.3 Å². The Kier molecular flexibility index (Phi) is 4.56. The van der Waals surface area contributed by atoms with Crippen LogP contribution in [0.15, 0.2) is 33.9 Å². The molecule has 0 unspecified atom stereocenters. The number of methoxy groups -OCH3 is 2. The molecule has 0 bridgehead atoms. The number of hydrogen-bond donors (Lipinski definition) is 1. The first-order valence-corrected chi connectivity index (χ1v) is 8.42. The lowest BCUT2D eigenvalue weighted by Crippen LogP contribution is -2.36. The van der Waals surface area contributed by atoms with E-state index in [2.05, 4.69) is 5.32 Å². The normalized spacial score (nSPS) is 10.8. The summed E-state index contributed by atoms with van der Waals surface area (Å²) in [7, 11) is 5.99. The lowest BCUT2D eigenvalue weighted by Gasteiger charge is -2.11. The van der Waals surface area contributed by atoms with Crippen LogP contribution in [0.4, 0.5) is 5.69 Å². The first-order chi connectivity index (χ1) is 12.4. The molecule has 0 saturated carbocycles. The zero-order valence-corrected chi connectivity index (χ0v) is 15.5. The van der Waals surface area contributed by atoms with E-state index >= 15 is 0 Å². The van der Waals surface area contributed by atoms with Gasteiger partial charge in [-0.05, 0) is 18.2 Å². The Morgan fingerprint density at radius 2 is 1.81 bits per heavy atom. The van der Waals surface area contributed by atoms with E-state index < -0.39 is 17.2 Å². The molecule has 3 aromatic rings. The molecule has 26 heavy (non-hydrogen) atoms. The highest BCUT2D eigenvalue weighted by Crippen LogP contribution is 2.30. The van der Waals surface area contributed by atoms with Gasteiger partial charge in [0.1, 0.15) is 16.3 Å². The molecule has 1 aromatic carbocycles. The van der Waals surface area contributed by atoms with Gasteiger partial charge in [0.25, 0.3) is 11.5 Å². The molecule has 0 fully saturated rings. The lowest BCUT2D eigenvalue weighted by molar-refractivity contribution is 0.103. The molecule has 0 radical (unpaired) electrons. The number of carbonyl (C=O) groups excluding carboxylic acids is 1. The Morgan fingerprint density at radius 1 is 1.08 bits per heavy atom. The number of aromatic nitrogens is 2. The molecule has 2 aromatic heterocycles. The number of nitrogens with one attached hydrogen (secondary N) is 1. The summed E-state index contributed by atoms with van der Waals surface area (Å²) in [6.45, 7) is 0. The number of hydrogen-bond acceptors (Lipinski definition) is 6. The Morgan fingerprint density at radius 3 is 2.46 bits per heavy atom. The van der Waals surface area contributed by atoms with Crippen molar-refractivity contribution in [1.82, 2.24) is 9.13 Å². The van der Waals surface area contributed by atoms with Crippen LogP contribution in [0, 0.1) is 0 Å². The summed E-state index contributed by atoms with van der Waals surface area (Å²) < 4.78 is 12.8. The zero-order chi connectivity index (χ0) is 19.0. The standard InChI is InChI=1S/C17H17N3O5S/c1-19-15(22)10-8-13(26-16(10)20(2)17(19)23)14(21)18-11-7-9(24-3)5-6-12(11)25-4/h5-8H,1-4H3,(H,18,21). The SMILES string of the molecule is COc1ccc(OC)c(NC(=O)c2cc3c(=O)n(C)c(=O)n(C)c3s2)c1. The van der Waals surface area contributed by atoms with E-state index in [9.17, 15) is 14.4 Å². The average molecular weight is 375 g/mol. The summed E-state index contributed by atoms with van der Waals surface area (Å²) >= 11 is 1.08. The summed E-state index contributed by atoms with van der Waals surface area (Å²) in [6.07, 6.45) is 0. The Bertz CT molecular complexity index is 1130. The van der Waals surface area contributed by atoms with Gasteiger partial charge < -0.3 is 14.8 Å². The van der Waals surface area contributed by atoms with E-state index in [1.807, 2.05) is 0 Å². The predicted octanol–water partition coefficient (Wildman–Crippen LogP) is 1.57. The number of rotatable bonds is 4. The smallest absolute Gasteiger partial charge is 0.331 e. The number of fused-ring (bicyclic) bond motifs is 1. The Balaban J connectivity index is 2.04. The fourth-order valence-electron chi connectivity index (χ4n) is 2.57. The number of carbonyl (C=O) groups is 1. The highest BCUT2D eigenvalue weighted by molar-refractivity contribution is 7.20. The summed E-state index contributed by atoms with van der Waals surface area (Å²) in [5, 5.41) is 3.07. The van der Waals surface area contributed by atoms with Crippen molar-refractivity contribution in [3.05, 3.63) is 50.0 Å². The molecule has 1 N–H and O–H groups in total. The van der Waals surface area contributed by atoms with Crippen LogP contribution in [0.25, 0.3) is 10.2 Å². The predicted molar refractivity (Wildman–Crippen MR) is 99.8 cm³/mol. The third-order valence-corrected chi connectivity index (χ3v) is 5.21. The summed E-state index contributed by atoms with van der Waals surface area (Å²) in [6, 6.07) is 6.52. The molecule has 2 heterocycles. The molecule has 9 heteroatoms. The molecular formula is C17H17N3O5S. The maximum atomic E-state index is 12.7. The Hall–Kier alpha value is -3.07. The van der Waals surface area contributed by atoms with Crippen molar-refractivity contribution in [3.8, 4) is 11.5 Å². The number of ether oxygens (including phenoxy) is 2. The number of nitrogens with zero attached hydrogens (tertiary/aromatic N) is 2. The number of benzene rings is 1. The van der Waals surface area contributed by atoms with Crippen molar-refractivity contribution >= 4 is 33.1 Å². The van der Waals surface area contributed by atoms with Crippen LogP contribution in [0.3, 0.4) is 0 Å². The van der Waals surface area contributed by atoms with E-state index in [1.165, 1.54) is 31.9 Å². The molecule has 1 amide bonds. The van der Waals surface area contributed by atoms with Gasteiger partial charge in [0.2, 0.25) is 0 Å². The second-order valence-corrected chi connectivity index (χ2v) is 6.59. The van der Waals surface area contributed by atoms with Crippen molar-refractivity contribution in [3.63, 3.8) is 0 Å². The fourth-order valence-corrected chi connectivity index (χ4v) is 3.57. The minimum atomic E-state index is -0.439. The molecular weight excluding hydrogens is 358 g/mol. The first kappa shape index (κ1) is 17.7. The van der Waals surface area contributed by atoms with Gasteiger partial charge in [-0.1, -0.05) is 0 Å². The van der Waals surface area contributed by atoms with Gasteiger partial charge in [-0.25, -0.2) is 4.79 Å². The summed E-state index contributed by atoms with van der Waals surface area (Å²) in [5.41, 5.74) is -0.431. The minimum Gasteiger partial charge on any atom is -0.497 e. The molecule has 0 aliphatic rings. The van der Waals surface area contributed by atoms with Gasteiger partial charge in [0.05, 0.1) is 30.2 Å². The van der Waals surface area contributed by atoms with Gasteiger partial charge in [-0.2, -0.15) is 0 Å². The van der Waals surface area contributed by atoms with Crippen LogP contribution in [0.1, 0.15) is 9.67 Å². The Labute approximate surface area is 152 Å². The van der Waals surface area contributed by atoms with Crippen LogP contribution in [0.5, 0.6) is 11.5 Å². The molecule has 8 nitrogen and oxygen atoms in total. The number of thiophene rings is 1. The molecule has 0 aliphatic heterocycles. The van der Waals surface area contributed by atoms with Crippen LogP contribution < -0.4 is 26.0 Å². The lowest BCUT2D eigenvalue weighted by atomic mass is 10.2. The maximum absolute atomic E-state index is 12.7. The highest BCUT2D eigenvalue weighted by Gasteiger charge is 2.18. The van der Waals surface area contributed by atoms with Crippen LogP contribution in [-0.2, 0) is 14.1 Å². The average Bonchev–Trinajstić information content (AvgIpc) is 3.10. The van der Waals surface area contributed by atoms with Gasteiger partial charge in [0, 0.05) is 20.2 Å². The molecule has 136 valence electrons. The van der Waals surface area contributed by atoms with Crippen molar-refractivity contribution in [1.29, 1.82) is 0 Å². The van der Waals surface area contributed by atoms with Gasteiger partial charge in [-0.3, -0.25) is 18.7 Å². The quantitative estimate of drug-likeness (QED) is 0.747. The van der Waals surface area contributed by atoms with Crippen LogP contribution >= 0.6 is 11.3 Å². The molecule has 0 aliphatic carbocycles. The third-order valence-electron chi connectivity index (χ3n) is 4.00. The second kappa shape index (κ2) is 6.68. The fraction of sp³-hybridized carbons (Fsp3) is 0.235. The molecule has 3 rings (SSSR count). The number of amides is 1. The second-order valence-electron chi connectivity index (χ2n) is 5.56. The van der Waals surface area contributed by atoms with Crippen molar-refractivity contribution in [2.75, 3.05) is 19.5 Å². The third kappa shape index (κ3) is 2.86. The van der Waals surface area contributed by atoms with Crippen molar-refractivity contribution in [2.24, 2.45) is 14.1 Å². The van der Waals surface area contributed by atoms with Gasteiger partial charge in [-0.15, -0.1) is 11.3 Å². The van der Waals surface area contributed by atoms with E-state index in [0.717, 1.165) is 15.9 Å². The topological polar surface area (TPSA) is 91.6 Å². The minimum absolute atomic E-state index is 0.308. The molecule has 0 spiro atoms. The molecule has 0 saturated heterocycles. The number of anilines is 1. The monoisotopic (exact) mass is 375 g/mol. The van der Waals surface area contributed by atoms with Crippen LogP contribution in [0.2, 0.25) is 0 Å². The van der Waals surface area contributed by atoms with Gasteiger partial charge in [0.15, 0.2) is 0 Å². The zero-order valence-electron chi connectivity index (χ0n) is 14.7. The van der Waals surface area contributed by atoms with E-state index in [4.69, 9.17) is 9.47 Å². The number of aryl methyl sites for hydroxylation is 1. The van der Waals surface area contributed by atoms with Crippen LogP contribution in [-0.4, -0.2) is 29.3 Å². The highest BCUT2D eigenvalue weighted by atomic mass is 32.1.